The van der Waals surface area contributed by atoms with E-state index in [1.54, 1.807) is 6.20 Å². The zero-order chi connectivity index (χ0) is 14.1. The second-order valence-corrected chi connectivity index (χ2v) is 6.35. The van der Waals surface area contributed by atoms with Crippen molar-refractivity contribution in [2.24, 2.45) is 0 Å². The van der Waals surface area contributed by atoms with Crippen molar-refractivity contribution in [3.05, 3.63) is 62.6 Å². The normalized spacial score (nSPS) is 10.8. The lowest BCUT2D eigenvalue weighted by Crippen LogP contribution is -1.88. The number of pyridine rings is 1. The molecule has 0 saturated carbocycles. The number of hydrogen-bond acceptors (Lipinski definition) is 2. The number of benzene rings is 2. The molecule has 0 aliphatic carbocycles. The van der Waals surface area contributed by atoms with Crippen LogP contribution in [0.5, 0.6) is 11.5 Å². The predicted molar refractivity (Wildman–Crippen MR) is 88.7 cm³/mol. The largest absolute Gasteiger partial charge is 0.455 e. The average Bonchev–Trinajstić information content (AvgIpc) is 2.41. The van der Waals surface area contributed by atoms with Gasteiger partial charge in [-0.3, -0.25) is 4.98 Å². The first kappa shape index (κ1) is 13.9. The predicted octanol–water partition coefficient (Wildman–Crippen LogP) is 6.21. The van der Waals surface area contributed by atoms with Crippen molar-refractivity contribution in [1.82, 2.24) is 4.98 Å². The average molecular weight is 413 g/mol. The summed E-state index contributed by atoms with van der Waals surface area (Å²) < 4.78 is 7.84. The van der Waals surface area contributed by atoms with Crippen LogP contribution in [0.1, 0.15) is 0 Å². The lowest BCUT2D eigenvalue weighted by molar-refractivity contribution is 0.484. The Morgan fingerprint density at radius 2 is 1.80 bits per heavy atom. The maximum atomic E-state index is 5.98. The number of ether oxygens (including phenoxy) is 1. The van der Waals surface area contributed by atoms with Crippen LogP contribution in [0.25, 0.3) is 10.9 Å². The second-order valence-electron chi connectivity index (χ2n) is 4.15. The van der Waals surface area contributed by atoms with Gasteiger partial charge in [-0.05, 0) is 58.4 Å². The molecule has 1 heterocycles. The lowest BCUT2D eigenvalue weighted by atomic mass is 10.2. The summed E-state index contributed by atoms with van der Waals surface area (Å²) in [5, 5.41) is 1.58. The topological polar surface area (TPSA) is 22.1 Å². The van der Waals surface area contributed by atoms with Crippen molar-refractivity contribution >= 4 is 54.4 Å². The van der Waals surface area contributed by atoms with E-state index in [0.717, 1.165) is 31.3 Å². The van der Waals surface area contributed by atoms with Crippen LogP contribution >= 0.6 is 43.5 Å². The maximum absolute atomic E-state index is 5.98. The molecule has 100 valence electrons. The number of rotatable bonds is 2. The van der Waals surface area contributed by atoms with Gasteiger partial charge in [0.2, 0.25) is 0 Å². The van der Waals surface area contributed by atoms with Gasteiger partial charge in [0.15, 0.2) is 0 Å². The molecule has 0 fully saturated rings. The van der Waals surface area contributed by atoms with Crippen LogP contribution in [0.4, 0.5) is 0 Å². The lowest BCUT2D eigenvalue weighted by Gasteiger charge is -2.10. The monoisotopic (exact) mass is 411 g/mol. The van der Waals surface area contributed by atoms with E-state index in [9.17, 15) is 0 Å². The van der Waals surface area contributed by atoms with Crippen LogP contribution < -0.4 is 4.74 Å². The number of nitrogens with zero attached hydrogens (tertiary/aromatic N) is 1. The summed E-state index contributed by atoms with van der Waals surface area (Å²) in [5.41, 5.74) is 0.809. The van der Waals surface area contributed by atoms with Gasteiger partial charge in [0, 0.05) is 21.1 Å². The molecule has 0 N–H and O–H groups in total. The first-order valence-corrected chi connectivity index (χ1v) is 7.77. The minimum Gasteiger partial charge on any atom is -0.455 e. The summed E-state index contributed by atoms with van der Waals surface area (Å²) >= 11 is 12.9. The quantitative estimate of drug-likeness (QED) is 0.499. The van der Waals surface area contributed by atoms with Gasteiger partial charge in [-0.25, -0.2) is 0 Å². The third-order valence-corrected chi connectivity index (χ3v) is 4.13. The van der Waals surface area contributed by atoms with Crippen molar-refractivity contribution in [2.75, 3.05) is 0 Å². The Kier molecular flexibility index (Phi) is 3.96. The molecule has 0 aliphatic rings. The van der Waals surface area contributed by atoms with Gasteiger partial charge in [0.1, 0.15) is 11.5 Å². The van der Waals surface area contributed by atoms with E-state index >= 15 is 0 Å². The summed E-state index contributed by atoms with van der Waals surface area (Å²) in [5.74, 6) is 1.49. The highest BCUT2D eigenvalue weighted by Crippen LogP contribution is 2.35. The fraction of sp³-hybridized carbons (Fsp3) is 0. The number of halogens is 3. The van der Waals surface area contributed by atoms with E-state index in [4.69, 9.17) is 16.3 Å². The molecule has 0 bridgehead atoms. The maximum Gasteiger partial charge on any atom is 0.141 e. The molecule has 20 heavy (non-hydrogen) atoms. The molecule has 0 atom stereocenters. The fourth-order valence-electron chi connectivity index (χ4n) is 1.86. The molecule has 0 radical (unpaired) electrons. The van der Waals surface area contributed by atoms with Crippen LogP contribution in [0.2, 0.25) is 5.02 Å². The summed E-state index contributed by atoms with van der Waals surface area (Å²) in [7, 11) is 0. The van der Waals surface area contributed by atoms with Crippen molar-refractivity contribution in [3.63, 3.8) is 0 Å². The molecule has 2 aromatic carbocycles. The standard InChI is InChI=1S/C15H8Br2ClNO/c16-9-1-4-15(12(17)7-9)20-14-5-6-19-13-8-10(18)2-3-11(13)14/h1-8H. The van der Waals surface area contributed by atoms with E-state index in [1.165, 1.54) is 0 Å². The summed E-state index contributed by atoms with van der Waals surface area (Å²) in [4.78, 5) is 4.30. The Balaban J connectivity index is 2.06. The number of fused-ring (bicyclic) bond motifs is 1. The van der Waals surface area contributed by atoms with E-state index < -0.39 is 0 Å². The number of aromatic nitrogens is 1. The highest BCUT2D eigenvalue weighted by molar-refractivity contribution is 9.11. The van der Waals surface area contributed by atoms with Gasteiger partial charge in [-0.2, -0.15) is 0 Å². The molecule has 0 saturated heterocycles. The summed E-state index contributed by atoms with van der Waals surface area (Å²) in [6.45, 7) is 0. The van der Waals surface area contributed by atoms with Crippen molar-refractivity contribution in [1.29, 1.82) is 0 Å². The zero-order valence-electron chi connectivity index (χ0n) is 10.1. The van der Waals surface area contributed by atoms with E-state index in [0.29, 0.717) is 5.02 Å². The minimum atomic E-state index is 0.659. The van der Waals surface area contributed by atoms with Crippen LogP contribution in [0.3, 0.4) is 0 Å². The highest BCUT2D eigenvalue weighted by Gasteiger charge is 2.07. The first-order valence-electron chi connectivity index (χ1n) is 5.81. The zero-order valence-corrected chi connectivity index (χ0v) is 14.0. The molecule has 0 spiro atoms. The minimum absolute atomic E-state index is 0.659. The Morgan fingerprint density at radius 1 is 0.950 bits per heavy atom. The Labute approximate surface area is 138 Å². The van der Waals surface area contributed by atoms with Gasteiger partial charge in [0.05, 0.1) is 9.99 Å². The Morgan fingerprint density at radius 3 is 2.60 bits per heavy atom. The third kappa shape index (κ3) is 2.82. The number of hydrogen-bond donors (Lipinski definition) is 0. The van der Waals surface area contributed by atoms with E-state index in [1.807, 2.05) is 42.5 Å². The van der Waals surface area contributed by atoms with Crippen molar-refractivity contribution in [2.45, 2.75) is 0 Å². The van der Waals surface area contributed by atoms with Gasteiger partial charge in [0.25, 0.3) is 0 Å². The molecule has 3 rings (SSSR count). The fourth-order valence-corrected chi connectivity index (χ4v) is 3.15. The summed E-state index contributed by atoms with van der Waals surface area (Å²) in [6, 6.07) is 13.2. The SMILES string of the molecule is Clc1ccc2c(Oc3ccc(Br)cc3Br)ccnc2c1. The molecular formula is C15H8Br2ClNO. The molecule has 0 unspecified atom stereocenters. The van der Waals surface area contributed by atoms with Crippen molar-refractivity contribution in [3.8, 4) is 11.5 Å². The van der Waals surface area contributed by atoms with Gasteiger partial charge >= 0.3 is 0 Å². The first-order chi connectivity index (χ1) is 9.63. The van der Waals surface area contributed by atoms with E-state index in [2.05, 4.69) is 36.8 Å². The molecule has 5 heteroatoms. The molecule has 2 nitrogen and oxygen atoms in total. The van der Waals surface area contributed by atoms with Crippen LogP contribution in [0.15, 0.2) is 57.6 Å². The summed E-state index contributed by atoms with van der Waals surface area (Å²) in [6.07, 6.45) is 1.71. The Hall–Kier alpha value is -1.10. The highest BCUT2D eigenvalue weighted by atomic mass is 79.9. The van der Waals surface area contributed by atoms with Crippen LogP contribution in [-0.4, -0.2) is 4.98 Å². The third-order valence-electron chi connectivity index (χ3n) is 2.78. The van der Waals surface area contributed by atoms with Crippen LogP contribution in [0, 0.1) is 0 Å². The van der Waals surface area contributed by atoms with Crippen molar-refractivity contribution < 1.29 is 4.74 Å². The second kappa shape index (κ2) is 5.72. The molecule has 0 aliphatic heterocycles. The molecule has 1 aromatic heterocycles. The molecule has 0 amide bonds. The molecule has 3 aromatic rings. The Bertz CT molecular complexity index is 792. The van der Waals surface area contributed by atoms with Gasteiger partial charge < -0.3 is 4.74 Å². The smallest absolute Gasteiger partial charge is 0.141 e. The van der Waals surface area contributed by atoms with Gasteiger partial charge in [-0.1, -0.05) is 27.5 Å². The van der Waals surface area contributed by atoms with E-state index in [-0.39, 0.29) is 0 Å². The molecular weight excluding hydrogens is 405 g/mol. The van der Waals surface area contributed by atoms with Crippen LogP contribution in [-0.2, 0) is 0 Å². The van der Waals surface area contributed by atoms with Gasteiger partial charge in [-0.15, -0.1) is 0 Å².